The van der Waals surface area contributed by atoms with E-state index in [9.17, 15) is 4.79 Å². The van der Waals surface area contributed by atoms with Gasteiger partial charge in [-0.3, -0.25) is 4.79 Å². The Morgan fingerprint density at radius 1 is 1.33 bits per heavy atom. The minimum Gasteiger partial charge on any atom is -0.348 e. The van der Waals surface area contributed by atoms with Crippen LogP contribution in [0.4, 0.5) is 0 Å². The summed E-state index contributed by atoms with van der Waals surface area (Å²) in [4.78, 5) is 12.1. The minimum absolute atomic E-state index is 0. The number of hydrogen-bond acceptors (Lipinski definition) is 4. The first-order valence-electron chi connectivity index (χ1n) is 6.08. The van der Waals surface area contributed by atoms with Crippen molar-refractivity contribution in [3.63, 3.8) is 0 Å². The Balaban J connectivity index is 0.00000200. The zero-order chi connectivity index (χ0) is 13.7. The molecule has 3 N–H and O–H groups in total. The van der Waals surface area contributed by atoms with Crippen molar-refractivity contribution in [3.8, 4) is 0 Å². The summed E-state index contributed by atoms with van der Waals surface area (Å²) >= 11 is 0. The first-order valence-corrected chi connectivity index (χ1v) is 6.08. The summed E-state index contributed by atoms with van der Waals surface area (Å²) in [6.07, 6.45) is 1.60. The monoisotopic (exact) mass is 331 g/mol. The molecule has 0 fully saturated rings. The highest BCUT2D eigenvalue weighted by Gasteiger charge is 2.18. The summed E-state index contributed by atoms with van der Waals surface area (Å²) in [5.41, 5.74) is 6.61. The SMILES string of the molecule is Cl.Cl.Cn1cnnc1CNC(=O)C(CN)c1ccccc1. The van der Waals surface area contributed by atoms with E-state index in [4.69, 9.17) is 5.73 Å². The van der Waals surface area contributed by atoms with E-state index in [0.29, 0.717) is 12.4 Å². The van der Waals surface area contributed by atoms with E-state index in [1.807, 2.05) is 37.4 Å². The van der Waals surface area contributed by atoms with E-state index in [0.717, 1.165) is 5.56 Å². The van der Waals surface area contributed by atoms with Crippen molar-refractivity contribution in [3.05, 3.63) is 48.0 Å². The number of aromatic nitrogens is 3. The molecule has 0 aliphatic carbocycles. The number of rotatable bonds is 5. The average molecular weight is 332 g/mol. The molecule has 21 heavy (non-hydrogen) atoms. The fraction of sp³-hybridized carbons (Fsp3) is 0.308. The lowest BCUT2D eigenvalue weighted by Gasteiger charge is -2.14. The predicted octanol–water partition coefficient (Wildman–Crippen LogP) is 1.02. The minimum atomic E-state index is -0.338. The van der Waals surface area contributed by atoms with E-state index >= 15 is 0 Å². The Morgan fingerprint density at radius 2 is 2.00 bits per heavy atom. The molecule has 0 saturated carbocycles. The number of nitrogens with zero attached hydrogens (tertiary/aromatic N) is 3. The molecule has 2 aromatic rings. The highest BCUT2D eigenvalue weighted by molar-refractivity contribution is 5.85. The van der Waals surface area contributed by atoms with Crippen LogP contribution in [0.15, 0.2) is 36.7 Å². The fourth-order valence-electron chi connectivity index (χ4n) is 1.84. The van der Waals surface area contributed by atoms with Crippen LogP contribution in [-0.2, 0) is 18.4 Å². The van der Waals surface area contributed by atoms with Crippen LogP contribution in [-0.4, -0.2) is 27.2 Å². The predicted molar refractivity (Wildman–Crippen MR) is 85.6 cm³/mol. The third-order valence-corrected chi connectivity index (χ3v) is 2.98. The maximum absolute atomic E-state index is 12.1. The number of carbonyl (C=O) groups excluding carboxylic acids is 1. The number of aryl methyl sites for hydroxylation is 1. The maximum atomic E-state index is 12.1. The van der Waals surface area contributed by atoms with E-state index in [2.05, 4.69) is 15.5 Å². The molecule has 116 valence electrons. The summed E-state index contributed by atoms with van der Waals surface area (Å²) in [7, 11) is 1.83. The van der Waals surface area contributed by atoms with Crippen molar-refractivity contribution in [2.24, 2.45) is 12.8 Å². The highest BCUT2D eigenvalue weighted by Crippen LogP contribution is 2.14. The number of amides is 1. The van der Waals surface area contributed by atoms with Gasteiger partial charge in [-0.05, 0) is 5.56 Å². The van der Waals surface area contributed by atoms with Crippen molar-refractivity contribution < 1.29 is 4.79 Å². The number of nitrogens with one attached hydrogen (secondary N) is 1. The molecule has 2 rings (SSSR count). The standard InChI is InChI=1S/C13H17N5O.2ClH/c1-18-9-16-17-12(18)8-15-13(19)11(7-14)10-5-3-2-4-6-10;;/h2-6,9,11H,7-8,14H2,1H3,(H,15,19);2*1H. The summed E-state index contributed by atoms with van der Waals surface area (Å²) in [6, 6.07) is 9.51. The molecule has 1 amide bonds. The first-order chi connectivity index (χ1) is 9.22. The number of nitrogens with two attached hydrogens (primary N) is 1. The molecule has 0 aliphatic rings. The van der Waals surface area contributed by atoms with Crippen LogP contribution in [0.25, 0.3) is 0 Å². The van der Waals surface area contributed by atoms with Crippen LogP contribution < -0.4 is 11.1 Å². The normalized spacial score (nSPS) is 11.0. The maximum Gasteiger partial charge on any atom is 0.229 e. The van der Waals surface area contributed by atoms with Crippen LogP contribution in [0, 0.1) is 0 Å². The highest BCUT2D eigenvalue weighted by atomic mass is 35.5. The second kappa shape index (κ2) is 9.33. The van der Waals surface area contributed by atoms with Crippen molar-refractivity contribution in [2.45, 2.75) is 12.5 Å². The van der Waals surface area contributed by atoms with E-state index in [1.165, 1.54) is 0 Å². The summed E-state index contributed by atoms with van der Waals surface area (Å²) < 4.78 is 1.76. The number of benzene rings is 1. The second-order valence-corrected chi connectivity index (χ2v) is 4.27. The van der Waals surface area contributed by atoms with Gasteiger partial charge in [-0.15, -0.1) is 35.0 Å². The van der Waals surface area contributed by atoms with Crippen molar-refractivity contribution in [2.75, 3.05) is 6.54 Å². The second-order valence-electron chi connectivity index (χ2n) is 4.27. The number of halogens is 2. The van der Waals surface area contributed by atoms with Gasteiger partial charge in [-0.2, -0.15) is 0 Å². The van der Waals surface area contributed by atoms with E-state index in [1.54, 1.807) is 10.9 Å². The van der Waals surface area contributed by atoms with Gasteiger partial charge in [0.2, 0.25) is 5.91 Å². The molecule has 8 heteroatoms. The molecule has 1 atom stereocenters. The quantitative estimate of drug-likeness (QED) is 0.856. The summed E-state index contributed by atoms with van der Waals surface area (Å²) in [5, 5.41) is 10.5. The third kappa shape index (κ3) is 5.00. The van der Waals surface area contributed by atoms with Gasteiger partial charge in [0.1, 0.15) is 6.33 Å². The molecule has 1 aromatic carbocycles. The topological polar surface area (TPSA) is 85.8 Å². The average Bonchev–Trinajstić information content (AvgIpc) is 2.84. The fourth-order valence-corrected chi connectivity index (χ4v) is 1.84. The van der Waals surface area contributed by atoms with Crippen LogP contribution in [0.1, 0.15) is 17.3 Å². The van der Waals surface area contributed by atoms with Crippen molar-refractivity contribution in [1.29, 1.82) is 0 Å². The van der Waals surface area contributed by atoms with Gasteiger partial charge in [0.25, 0.3) is 0 Å². The largest absolute Gasteiger partial charge is 0.348 e. The molecule has 6 nitrogen and oxygen atoms in total. The first kappa shape index (κ1) is 19.4. The molecular formula is C13H19Cl2N5O. The molecule has 0 saturated heterocycles. The third-order valence-electron chi connectivity index (χ3n) is 2.98. The van der Waals surface area contributed by atoms with Gasteiger partial charge in [0, 0.05) is 13.6 Å². The van der Waals surface area contributed by atoms with Gasteiger partial charge in [-0.25, -0.2) is 0 Å². The summed E-state index contributed by atoms with van der Waals surface area (Å²) in [6.45, 7) is 0.618. The zero-order valence-electron chi connectivity index (χ0n) is 11.6. The van der Waals surface area contributed by atoms with Gasteiger partial charge in [0.15, 0.2) is 5.82 Å². The van der Waals surface area contributed by atoms with Crippen LogP contribution in [0.3, 0.4) is 0 Å². The Kier molecular flexibility index (Phi) is 8.61. The number of carbonyl (C=O) groups is 1. The van der Waals surface area contributed by atoms with Crippen LogP contribution in [0.5, 0.6) is 0 Å². The number of hydrogen-bond donors (Lipinski definition) is 2. The van der Waals surface area contributed by atoms with Crippen molar-refractivity contribution >= 4 is 30.7 Å². The van der Waals surface area contributed by atoms with E-state index < -0.39 is 0 Å². The Morgan fingerprint density at radius 3 is 2.52 bits per heavy atom. The van der Waals surface area contributed by atoms with Gasteiger partial charge in [-0.1, -0.05) is 30.3 Å². The smallest absolute Gasteiger partial charge is 0.229 e. The molecule has 0 radical (unpaired) electrons. The van der Waals surface area contributed by atoms with E-state index in [-0.39, 0.29) is 43.2 Å². The van der Waals surface area contributed by atoms with Gasteiger partial charge >= 0.3 is 0 Å². The van der Waals surface area contributed by atoms with Crippen molar-refractivity contribution in [1.82, 2.24) is 20.1 Å². The molecule has 1 unspecified atom stereocenters. The zero-order valence-corrected chi connectivity index (χ0v) is 13.2. The lowest BCUT2D eigenvalue weighted by molar-refractivity contribution is -0.122. The van der Waals surface area contributed by atoms with Gasteiger partial charge in [0.05, 0.1) is 12.5 Å². The van der Waals surface area contributed by atoms with Crippen LogP contribution in [0.2, 0.25) is 0 Å². The Bertz CT molecular complexity index is 547. The van der Waals surface area contributed by atoms with Crippen LogP contribution >= 0.6 is 24.8 Å². The Labute approximate surface area is 135 Å². The Hall–Kier alpha value is -1.63. The molecular weight excluding hydrogens is 313 g/mol. The molecule has 0 aliphatic heterocycles. The molecule has 1 aromatic heterocycles. The van der Waals surface area contributed by atoms with Gasteiger partial charge < -0.3 is 15.6 Å². The lowest BCUT2D eigenvalue weighted by atomic mass is 9.98. The lowest BCUT2D eigenvalue weighted by Crippen LogP contribution is -2.33. The summed E-state index contributed by atoms with van der Waals surface area (Å²) in [5.74, 6) is 0.267. The molecule has 0 spiro atoms. The molecule has 1 heterocycles. The molecule has 0 bridgehead atoms.